The highest BCUT2D eigenvalue weighted by atomic mass is 16.4. The lowest BCUT2D eigenvalue weighted by molar-refractivity contribution is -0.884. The quantitative estimate of drug-likeness (QED) is 0.582. The number of aromatic nitrogens is 1. The predicted molar refractivity (Wildman–Crippen MR) is 93.4 cm³/mol. The van der Waals surface area contributed by atoms with Crippen molar-refractivity contribution < 1.29 is 24.7 Å². The molecular formula is C18H28N4O4. The SMILES string of the molecule is C[NH+]1CCN(C2CCN(Cc3ccccn3)CC2)CC1.O=C([O-])C(=O)O. The second-order valence-corrected chi connectivity index (χ2v) is 6.91. The first-order valence-electron chi connectivity index (χ1n) is 9.07. The summed E-state index contributed by atoms with van der Waals surface area (Å²) in [6, 6.07) is 7.03. The topological polar surface area (TPSA) is 101 Å². The van der Waals surface area contributed by atoms with E-state index in [1.807, 2.05) is 12.3 Å². The molecule has 1 aromatic rings. The zero-order chi connectivity index (χ0) is 18.9. The molecule has 0 aliphatic carbocycles. The molecule has 3 heterocycles. The van der Waals surface area contributed by atoms with Gasteiger partial charge in [0.25, 0.3) is 0 Å². The van der Waals surface area contributed by atoms with E-state index in [4.69, 9.17) is 19.8 Å². The molecular weight excluding hydrogens is 336 g/mol. The van der Waals surface area contributed by atoms with Gasteiger partial charge in [0.1, 0.15) is 0 Å². The Bertz CT molecular complexity index is 556. The number of pyridine rings is 1. The van der Waals surface area contributed by atoms with E-state index in [0.717, 1.165) is 12.6 Å². The molecule has 2 aliphatic rings. The number of nitrogens with zero attached hydrogens (tertiary/aromatic N) is 3. The van der Waals surface area contributed by atoms with Gasteiger partial charge in [-0.3, -0.25) is 14.8 Å². The van der Waals surface area contributed by atoms with Crippen LogP contribution in [0.3, 0.4) is 0 Å². The van der Waals surface area contributed by atoms with Crippen LogP contribution in [-0.2, 0) is 16.1 Å². The van der Waals surface area contributed by atoms with Gasteiger partial charge in [-0.25, -0.2) is 4.79 Å². The lowest BCUT2D eigenvalue weighted by Gasteiger charge is -2.40. The minimum absolute atomic E-state index is 0.822. The number of quaternary nitrogens is 1. The van der Waals surface area contributed by atoms with Crippen molar-refractivity contribution in [2.75, 3.05) is 46.3 Å². The highest BCUT2D eigenvalue weighted by Crippen LogP contribution is 2.17. The molecule has 2 saturated heterocycles. The monoisotopic (exact) mass is 364 g/mol. The molecule has 0 aromatic carbocycles. The third-order valence-electron chi connectivity index (χ3n) is 5.01. The van der Waals surface area contributed by atoms with Crippen LogP contribution in [0.25, 0.3) is 0 Å². The Morgan fingerprint density at radius 1 is 1.23 bits per heavy atom. The van der Waals surface area contributed by atoms with Gasteiger partial charge in [0.05, 0.1) is 25.8 Å². The number of aliphatic carboxylic acids is 2. The van der Waals surface area contributed by atoms with Crippen LogP contribution in [0, 0.1) is 0 Å². The molecule has 8 nitrogen and oxygen atoms in total. The molecule has 0 atom stereocenters. The average molecular weight is 364 g/mol. The van der Waals surface area contributed by atoms with E-state index in [-0.39, 0.29) is 0 Å². The minimum atomic E-state index is -2.07. The third kappa shape index (κ3) is 6.70. The Morgan fingerprint density at radius 2 is 1.85 bits per heavy atom. The minimum Gasteiger partial charge on any atom is -0.539 e. The van der Waals surface area contributed by atoms with Gasteiger partial charge in [-0.2, -0.15) is 0 Å². The molecule has 26 heavy (non-hydrogen) atoms. The Kier molecular flexibility index (Phi) is 7.96. The van der Waals surface area contributed by atoms with E-state index in [1.54, 1.807) is 4.90 Å². The van der Waals surface area contributed by atoms with Crippen molar-refractivity contribution >= 4 is 11.9 Å². The first-order chi connectivity index (χ1) is 12.5. The van der Waals surface area contributed by atoms with Crippen LogP contribution in [0.2, 0.25) is 0 Å². The van der Waals surface area contributed by atoms with E-state index >= 15 is 0 Å². The Labute approximate surface area is 154 Å². The molecule has 0 spiro atoms. The second-order valence-electron chi connectivity index (χ2n) is 6.91. The number of carbonyl (C=O) groups excluding carboxylic acids is 1. The molecule has 3 rings (SSSR count). The summed E-state index contributed by atoms with van der Waals surface area (Å²) in [7, 11) is 2.31. The van der Waals surface area contributed by atoms with Gasteiger partial charge in [0.15, 0.2) is 5.97 Å². The van der Waals surface area contributed by atoms with Crippen molar-refractivity contribution in [2.24, 2.45) is 0 Å². The fourth-order valence-corrected chi connectivity index (χ4v) is 3.43. The number of carboxylic acid groups (broad SMARTS) is 2. The summed E-state index contributed by atoms with van der Waals surface area (Å²) in [5, 5.41) is 16.3. The first kappa shape index (κ1) is 20.3. The maximum atomic E-state index is 9.04. The number of likely N-dealkylation sites (tertiary alicyclic amines) is 1. The van der Waals surface area contributed by atoms with Crippen molar-refractivity contribution in [2.45, 2.75) is 25.4 Å². The van der Waals surface area contributed by atoms with E-state index in [0.29, 0.717) is 0 Å². The molecule has 2 aliphatic heterocycles. The number of likely N-dealkylation sites (N-methyl/N-ethyl adjacent to an activating group) is 1. The Balaban J connectivity index is 0.000000352. The van der Waals surface area contributed by atoms with Crippen molar-refractivity contribution in [1.29, 1.82) is 0 Å². The van der Waals surface area contributed by atoms with Gasteiger partial charge in [-0.1, -0.05) is 6.07 Å². The summed E-state index contributed by atoms with van der Waals surface area (Å²) < 4.78 is 0. The lowest BCUT2D eigenvalue weighted by atomic mass is 10.0. The summed E-state index contributed by atoms with van der Waals surface area (Å²) in [6.45, 7) is 8.66. The third-order valence-corrected chi connectivity index (χ3v) is 5.01. The Morgan fingerprint density at radius 3 is 2.35 bits per heavy atom. The predicted octanol–water partition coefficient (Wildman–Crippen LogP) is -2.30. The number of carbonyl (C=O) groups is 2. The molecule has 0 amide bonds. The van der Waals surface area contributed by atoms with Crippen LogP contribution in [0.5, 0.6) is 0 Å². The normalized spacial score (nSPS) is 20.2. The first-order valence-corrected chi connectivity index (χ1v) is 9.07. The molecule has 0 unspecified atom stereocenters. The van der Waals surface area contributed by atoms with Gasteiger partial charge in [0, 0.05) is 45.0 Å². The molecule has 8 heteroatoms. The zero-order valence-corrected chi connectivity index (χ0v) is 15.3. The van der Waals surface area contributed by atoms with Crippen LogP contribution in [-0.4, -0.2) is 84.2 Å². The number of hydrogen-bond donors (Lipinski definition) is 2. The number of carboxylic acids is 2. The number of rotatable bonds is 3. The van der Waals surface area contributed by atoms with E-state index < -0.39 is 11.9 Å². The number of piperazine rings is 1. The summed E-state index contributed by atoms with van der Waals surface area (Å²) >= 11 is 0. The van der Waals surface area contributed by atoms with Crippen molar-refractivity contribution in [3.8, 4) is 0 Å². The summed E-state index contributed by atoms with van der Waals surface area (Å²) in [4.78, 5) is 29.4. The van der Waals surface area contributed by atoms with Crippen LogP contribution in [0.15, 0.2) is 24.4 Å². The Hall–Kier alpha value is -2.03. The van der Waals surface area contributed by atoms with Gasteiger partial charge in [-0.15, -0.1) is 0 Å². The molecule has 0 saturated carbocycles. The highest BCUT2D eigenvalue weighted by molar-refractivity contribution is 6.26. The standard InChI is InChI=1S/C16H26N4.C2H2O4/c1-18-10-12-20(13-11-18)16-5-8-19(9-6-16)14-15-4-2-3-7-17-15;3-1(4)2(5)6/h2-4,7,16H,5-6,8-14H2,1H3;(H,3,4)(H,5,6). The maximum Gasteiger partial charge on any atom is 0.351 e. The summed E-state index contributed by atoms with van der Waals surface area (Å²) in [5.74, 6) is -4.01. The highest BCUT2D eigenvalue weighted by Gasteiger charge is 2.27. The van der Waals surface area contributed by atoms with E-state index in [1.165, 1.54) is 57.8 Å². The smallest absolute Gasteiger partial charge is 0.351 e. The fourth-order valence-electron chi connectivity index (χ4n) is 3.43. The lowest BCUT2D eigenvalue weighted by Crippen LogP contribution is -3.12. The van der Waals surface area contributed by atoms with Gasteiger partial charge in [0.2, 0.25) is 0 Å². The van der Waals surface area contributed by atoms with Gasteiger partial charge >= 0.3 is 5.97 Å². The number of hydrogen-bond acceptors (Lipinski definition) is 6. The molecule has 2 N–H and O–H groups in total. The molecule has 0 bridgehead atoms. The van der Waals surface area contributed by atoms with Crippen LogP contribution >= 0.6 is 0 Å². The van der Waals surface area contributed by atoms with E-state index in [9.17, 15) is 0 Å². The van der Waals surface area contributed by atoms with E-state index in [2.05, 4.69) is 34.0 Å². The molecule has 1 aromatic heterocycles. The van der Waals surface area contributed by atoms with Gasteiger partial charge < -0.3 is 19.9 Å². The molecule has 144 valence electrons. The zero-order valence-electron chi connectivity index (χ0n) is 15.3. The van der Waals surface area contributed by atoms with Crippen molar-refractivity contribution in [3.05, 3.63) is 30.1 Å². The van der Waals surface area contributed by atoms with Crippen LogP contribution in [0.4, 0.5) is 0 Å². The largest absolute Gasteiger partial charge is 0.539 e. The van der Waals surface area contributed by atoms with Crippen molar-refractivity contribution in [1.82, 2.24) is 14.8 Å². The van der Waals surface area contributed by atoms with Gasteiger partial charge in [-0.05, 0) is 25.0 Å². The van der Waals surface area contributed by atoms with Crippen LogP contribution in [0.1, 0.15) is 18.5 Å². The number of piperidine rings is 1. The summed E-state index contributed by atoms with van der Waals surface area (Å²) in [5.41, 5.74) is 1.20. The average Bonchev–Trinajstić information content (AvgIpc) is 2.64. The second kappa shape index (κ2) is 10.2. The number of nitrogens with one attached hydrogen (secondary N) is 1. The fraction of sp³-hybridized carbons (Fsp3) is 0.611. The van der Waals surface area contributed by atoms with Crippen LogP contribution < -0.4 is 10.0 Å². The molecule has 0 radical (unpaired) electrons. The molecule has 2 fully saturated rings. The maximum absolute atomic E-state index is 9.04. The summed E-state index contributed by atoms with van der Waals surface area (Å²) in [6.07, 6.45) is 4.55. The van der Waals surface area contributed by atoms with Crippen molar-refractivity contribution in [3.63, 3.8) is 0 Å².